The smallest absolute Gasteiger partial charge is 0.306 e. The highest BCUT2D eigenvalue weighted by Gasteiger charge is 2.19. The van der Waals surface area contributed by atoms with Crippen LogP contribution >= 0.6 is 0 Å². The Balaban J connectivity index is 4.31. The van der Waals surface area contributed by atoms with E-state index in [9.17, 15) is 14.4 Å². The van der Waals surface area contributed by atoms with Crippen LogP contribution in [0.25, 0.3) is 0 Å². The second-order valence-electron chi connectivity index (χ2n) is 16.7. The van der Waals surface area contributed by atoms with Crippen LogP contribution in [0.15, 0.2) is 72.9 Å². The molecule has 0 amide bonds. The predicted molar refractivity (Wildman–Crippen MR) is 261 cm³/mol. The Morgan fingerprint density at radius 3 is 1.02 bits per heavy atom. The molecule has 0 spiro atoms. The van der Waals surface area contributed by atoms with Crippen LogP contribution in [0.1, 0.15) is 239 Å². The van der Waals surface area contributed by atoms with E-state index >= 15 is 0 Å². The molecule has 0 N–H and O–H groups in total. The molecule has 0 aromatic heterocycles. The van der Waals surface area contributed by atoms with E-state index in [0.717, 1.165) is 109 Å². The molecule has 0 saturated heterocycles. The second-order valence-corrected chi connectivity index (χ2v) is 16.7. The van der Waals surface area contributed by atoms with Gasteiger partial charge in [0.05, 0.1) is 0 Å². The van der Waals surface area contributed by atoms with Crippen molar-refractivity contribution in [2.24, 2.45) is 0 Å². The van der Waals surface area contributed by atoms with E-state index in [1.54, 1.807) is 0 Å². The van der Waals surface area contributed by atoms with Crippen LogP contribution in [0, 0.1) is 0 Å². The molecule has 0 aliphatic heterocycles. The molecule has 0 bridgehead atoms. The first-order valence-electron chi connectivity index (χ1n) is 25.4. The molecular weight excluding hydrogens is 757 g/mol. The molecule has 0 heterocycles. The molecule has 61 heavy (non-hydrogen) atoms. The second kappa shape index (κ2) is 49.5. The summed E-state index contributed by atoms with van der Waals surface area (Å²) in [6, 6.07) is 0. The summed E-state index contributed by atoms with van der Waals surface area (Å²) in [5, 5.41) is 0. The van der Waals surface area contributed by atoms with Gasteiger partial charge in [-0.15, -0.1) is 0 Å². The summed E-state index contributed by atoms with van der Waals surface area (Å²) in [5.74, 6) is -0.914. The lowest BCUT2D eigenvalue weighted by Gasteiger charge is -2.18. The molecule has 0 saturated carbocycles. The van der Waals surface area contributed by atoms with Gasteiger partial charge in [0, 0.05) is 19.3 Å². The Morgan fingerprint density at radius 2 is 0.639 bits per heavy atom. The van der Waals surface area contributed by atoms with Crippen LogP contribution < -0.4 is 0 Å². The summed E-state index contributed by atoms with van der Waals surface area (Å²) in [5.41, 5.74) is 0. The van der Waals surface area contributed by atoms with E-state index < -0.39 is 6.10 Å². The molecule has 0 radical (unpaired) electrons. The lowest BCUT2D eigenvalue weighted by Crippen LogP contribution is -2.30. The Morgan fingerprint density at radius 1 is 0.344 bits per heavy atom. The average Bonchev–Trinajstić information content (AvgIpc) is 3.26. The third-order valence-corrected chi connectivity index (χ3v) is 10.7. The number of esters is 3. The van der Waals surface area contributed by atoms with Crippen molar-refractivity contribution in [1.29, 1.82) is 0 Å². The first-order valence-corrected chi connectivity index (χ1v) is 25.4. The zero-order valence-electron chi connectivity index (χ0n) is 39.9. The van der Waals surface area contributed by atoms with Crippen LogP contribution in [0.2, 0.25) is 0 Å². The maximum atomic E-state index is 12.7. The summed E-state index contributed by atoms with van der Waals surface area (Å²) >= 11 is 0. The highest BCUT2D eigenvalue weighted by Crippen LogP contribution is 2.14. The number of unbranched alkanes of at least 4 members (excludes halogenated alkanes) is 22. The molecule has 0 fully saturated rings. The number of allylic oxidation sites excluding steroid dienone is 12. The first kappa shape index (κ1) is 57.9. The van der Waals surface area contributed by atoms with Gasteiger partial charge in [0.25, 0.3) is 0 Å². The van der Waals surface area contributed by atoms with Gasteiger partial charge in [-0.3, -0.25) is 14.4 Å². The van der Waals surface area contributed by atoms with Gasteiger partial charge in [-0.05, 0) is 96.3 Å². The van der Waals surface area contributed by atoms with Crippen molar-refractivity contribution < 1.29 is 28.6 Å². The average molecular weight is 851 g/mol. The number of hydrogen-bond acceptors (Lipinski definition) is 6. The predicted octanol–water partition coefficient (Wildman–Crippen LogP) is 16.6. The summed E-state index contributed by atoms with van der Waals surface area (Å²) in [6.45, 7) is 6.42. The van der Waals surface area contributed by atoms with Crippen LogP contribution in [0.3, 0.4) is 0 Å². The zero-order valence-corrected chi connectivity index (χ0v) is 39.9. The van der Waals surface area contributed by atoms with Crippen molar-refractivity contribution in [3.8, 4) is 0 Å². The molecule has 6 heteroatoms. The fourth-order valence-electron chi connectivity index (χ4n) is 6.81. The number of carbonyl (C=O) groups excluding carboxylic acids is 3. The third-order valence-electron chi connectivity index (χ3n) is 10.7. The van der Waals surface area contributed by atoms with E-state index in [1.165, 1.54) is 89.9 Å². The van der Waals surface area contributed by atoms with Gasteiger partial charge in [-0.1, -0.05) is 196 Å². The van der Waals surface area contributed by atoms with E-state index in [0.29, 0.717) is 19.3 Å². The topological polar surface area (TPSA) is 78.9 Å². The van der Waals surface area contributed by atoms with Crippen molar-refractivity contribution in [3.05, 3.63) is 72.9 Å². The number of rotatable bonds is 45. The van der Waals surface area contributed by atoms with E-state index in [1.807, 2.05) is 0 Å². The van der Waals surface area contributed by atoms with E-state index in [4.69, 9.17) is 14.2 Å². The third kappa shape index (κ3) is 47.7. The molecule has 0 aromatic rings. The highest BCUT2D eigenvalue weighted by atomic mass is 16.6. The van der Waals surface area contributed by atoms with Crippen molar-refractivity contribution >= 4 is 17.9 Å². The molecule has 6 nitrogen and oxygen atoms in total. The number of carbonyl (C=O) groups is 3. The quantitative estimate of drug-likeness (QED) is 0.0263. The van der Waals surface area contributed by atoms with Crippen LogP contribution in [-0.4, -0.2) is 37.2 Å². The van der Waals surface area contributed by atoms with Crippen LogP contribution in [0.5, 0.6) is 0 Å². The van der Waals surface area contributed by atoms with Crippen LogP contribution in [0.4, 0.5) is 0 Å². The molecular formula is C55H94O6. The van der Waals surface area contributed by atoms with E-state index in [2.05, 4.69) is 93.7 Å². The summed E-state index contributed by atoms with van der Waals surface area (Å²) in [4.78, 5) is 37.9. The summed E-state index contributed by atoms with van der Waals surface area (Å²) in [6.07, 6.45) is 61.7. The van der Waals surface area contributed by atoms with Gasteiger partial charge in [0.2, 0.25) is 0 Å². The fraction of sp³-hybridized carbons (Fsp3) is 0.727. The zero-order chi connectivity index (χ0) is 44.4. The molecule has 1 atom stereocenters. The highest BCUT2D eigenvalue weighted by molar-refractivity contribution is 5.71. The van der Waals surface area contributed by atoms with Crippen molar-refractivity contribution in [3.63, 3.8) is 0 Å². The molecule has 0 aliphatic rings. The Labute approximate surface area is 376 Å². The minimum Gasteiger partial charge on any atom is -0.462 e. The Bertz CT molecular complexity index is 1160. The minimum atomic E-state index is -0.784. The molecule has 0 aromatic carbocycles. The number of ether oxygens (including phenoxy) is 3. The Hall–Kier alpha value is -3.15. The van der Waals surface area contributed by atoms with Gasteiger partial charge < -0.3 is 14.2 Å². The molecule has 350 valence electrons. The van der Waals surface area contributed by atoms with Crippen molar-refractivity contribution in [1.82, 2.24) is 0 Å². The minimum absolute atomic E-state index is 0.0859. The lowest BCUT2D eigenvalue weighted by atomic mass is 10.1. The van der Waals surface area contributed by atoms with Crippen LogP contribution in [-0.2, 0) is 28.6 Å². The maximum absolute atomic E-state index is 12.7. The largest absolute Gasteiger partial charge is 0.462 e. The van der Waals surface area contributed by atoms with Crippen molar-refractivity contribution in [2.45, 2.75) is 245 Å². The van der Waals surface area contributed by atoms with Gasteiger partial charge >= 0.3 is 17.9 Å². The lowest BCUT2D eigenvalue weighted by molar-refractivity contribution is -0.167. The monoisotopic (exact) mass is 851 g/mol. The van der Waals surface area contributed by atoms with Gasteiger partial charge in [-0.2, -0.15) is 0 Å². The van der Waals surface area contributed by atoms with Gasteiger partial charge in [0.1, 0.15) is 13.2 Å². The summed E-state index contributed by atoms with van der Waals surface area (Å²) < 4.78 is 16.7. The molecule has 1 unspecified atom stereocenters. The maximum Gasteiger partial charge on any atom is 0.306 e. The van der Waals surface area contributed by atoms with Crippen molar-refractivity contribution in [2.75, 3.05) is 13.2 Å². The molecule has 0 aliphatic carbocycles. The Kier molecular flexibility index (Phi) is 46.9. The van der Waals surface area contributed by atoms with Gasteiger partial charge in [-0.25, -0.2) is 0 Å². The fourth-order valence-corrected chi connectivity index (χ4v) is 6.81. The van der Waals surface area contributed by atoms with Gasteiger partial charge in [0.15, 0.2) is 6.10 Å². The SMILES string of the molecule is CC/C=C\C/C=C\C/C=C\C/C=C\CCCCCCCCCCC(=O)OCC(COC(=O)CCCCCCC/C=C\CCCC)OC(=O)CCCCCCC/C=C\CCCC. The number of hydrogen-bond donors (Lipinski definition) is 0. The normalized spacial score (nSPS) is 12.6. The summed E-state index contributed by atoms with van der Waals surface area (Å²) in [7, 11) is 0. The van der Waals surface area contributed by atoms with E-state index in [-0.39, 0.29) is 31.1 Å². The molecule has 0 rings (SSSR count). The first-order chi connectivity index (χ1) is 30.0. The standard InChI is InChI=1S/C55H94O6/c1-4-7-10-13-16-19-22-23-24-25-26-27-28-29-30-31-34-36-39-42-45-48-54(57)60-51-52(61-55(58)49-46-43-40-37-33-21-18-15-12-9-6-3)50-59-53(56)47-44-41-38-35-32-20-17-14-11-8-5-2/h7,10,14-19,23-24,26-27,52H,4-6,8-9,11-13,20-22,25,28-51H2,1-3H3/b10-7-,17-14-,18-15-,19-16-,24-23-,27-26-.